The van der Waals surface area contributed by atoms with Gasteiger partial charge in [-0.05, 0) is 42.2 Å². The van der Waals surface area contributed by atoms with Crippen LogP contribution >= 0.6 is 11.3 Å². The van der Waals surface area contributed by atoms with Crippen molar-refractivity contribution in [2.45, 2.75) is 46.3 Å². The molecule has 5 nitrogen and oxygen atoms in total. The molecule has 36 heavy (non-hydrogen) atoms. The highest BCUT2D eigenvalue weighted by Gasteiger charge is 2.14. The molecule has 0 aliphatic carbocycles. The lowest BCUT2D eigenvalue weighted by Gasteiger charge is -2.22. The molecule has 1 amide bonds. The number of aromatic nitrogens is 1. The maximum atomic E-state index is 12.7. The quantitative estimate of drug-likeness (QED) is 0.254. The number of benzene rings is 3. The molecule has 4 aromatic rings. The van der Waals surface area contributed by atoms with E-state index in [4.69, 9.17) is 10.7 Å². The van der Waals surface area contributed by atoms with Crippen molar-refractivity contribution in [2.75, 3.05) is 11.4 Å². The Morgan fingerprint density at radius 3 is 2.47 bits per heavy atom. The maximum absolute atomic E-state index is 12.7. The SMILES string of the molecule is CCCCN(Cc1ccc(C(=O)NCc2cccc(CN)c2)cc1)c1nc(-c2ccc(C)cc2)cs1. The minimum absolute atomic E-state index is 0.0785. The van der Waals surface area contributed by atoms with Gasteiger partial charge in [0.25, 0.3) is 5.91 Å². The second-order valence-corrected chi connectivity index (χ2v) is 9.90. The Kier molecular flexibility index (Phi) is 8.87. The molecule has 0 fully saturated rings. The number of unbranched alkanes of at least 4 members (excludes halogenated alkanes) is 1. The molecule has 0 bridgehead atoms. The summed E-state index contributed by atoms with van der Waals surface area (Å²) in [6.07, 6.45) is 2.23. The van der Waals surface area contributed by atoms with E-state index in [9.17, 15) is 4.79 Å². The molecule has 0 atom stereocenters. The van der Waals surface area contributed by atoms with Gasteiger partial charge >= 0.3 is 0 Å². The maximum Gasteiger partial charge on any atom is 0.251 e. The molecule has 0 saturated heterocycles. The van der Waals surface area contributed by atoms with E-state index in [0.717, 1.165) is 59.0 Å². The standard InChI is InChI=1S/C30H34N4OS/c1-3-4-16-34(30-33-28(21-36-30)26-12-8-22(2)9-13-26)20-23-10-14-27(15-11-23)29(35)32-19-25-7-5-6-24(17-25)18-31/h5-15,17,21H,3-4,16,18-20,31H2,1-2H3,(H,32,35). The van der Waals surface area contributed by atoms with Gasteiger partial charge < -0.3 is 16.0 Å². The zero-order chi connectivity index (χ0) is 25.3. The highest BCUT2D eigenvalue weighted by molar-refractivity contribution is 7.14. The van der Waals surface area contributed by atoms with Crippen molar-refractivity contribution >= 4 is 22.4 Å². The summed E-state index contributed by atoms with van der Waals surface area (Å²) in [7, 11) is 0. The van der Waals surface area contributed by atoms with Gasteiger partial charge in [0.15, 0.2) is 5.13 Å². The van der Waals surface area contributed by atoms with E-state index < -0.39 is 0 Å². The van der Waals surface area contributed by atoms with E-state index in [2.05, 4.69) is 53.7 Å². The molecule has 1 aromatic heterocycles. The molecule has 0 spiro atoms. The van der Waals surface area contributed by atoms with Crippen LogP contribution in [0.1, 0.15) is 52.4 Å². The predicted octanol–water partition coefficient (Wildman–Crippen LogP) is 6.31. The molecule has 0 unspecified atom stereocenters. The molecule has 0 aliphatic heterocycles. The van der Waals surface area contributed by atoms with Crippen LogP contribution in [0.15, 0.2) is 78.2 Å². The predicted molar refractivity (Wildman–Crippen MR) is 150 cm³/mol. The first-order valence-corrected chi connectivity index (χ1v) is 13.4. The fraction of sp³-hybridized carbons (Fsp3) is 0.267. The molecule has 186 valence electrons. The number of thiazole rings is 1. The van der Waals surface area contributed by atoms with Crippen molar-refractivity contribution in [1.29, 1.82) is 0 Å². The van der Waals surface area contributed by atoms with Gasteiger partial charge in [0.2, 0.25) is 0 Å². The second kappa shape index (κ2) is 12.5. The summed E-state index contributed by atoms with van der Waals surface area (Å²) >= 11 is 1.68. The fourth-order valence-corrected chi connectivity index (χ4v) is 4.85. The molecule has 1 heterocycles. The van der Waals surface area contributed by atoms with Crippen LogP contribution in [0.3, 0.4) is 0 Å². The van der Waals surface area contributed by atoms with Gasteiger partial charge in [0.1, 0.15) is 0 Å². The van der Waals surface area contributed by atoms with Crippen LogP contribution in [-0.4, -0.2) is 17.4 Å². The third-order valence-corrected chi connectivity index (χ3v) is 7.06. The van der Waals surface area contributed by atoms with E-state index in [-0.39, 0.29) is 5.91 Å². The Morgan fingerprint density at radius 1 is 1.00 bits per heavy atom. The van der Waals surface area contributed by atoms with Crippen molar-refractivity contribution in [2.24, 2.45) is 5.73 Å². The number of nitrogens with zero attached hydrogens (tertiary/aromatic N) is 2. The van der Waals surface area contributed by atoms with Crippen molar-refractivity contribution in [3.8, 4) is 11.3 Å². The Morgan fingerprint density at radius 2 is 1.75 bits per heavy atom. The molecule has 0 radical (unpaired) electrons. The number of hydrogen-bond acceptors (Lipinski definition) is 5. The zero-order valence-corrected chi connectivity index (χ0v) is 21.9. The van der Waals surface area contributed by atoms with Crippen LogP contribution in [-0.2, 0) is 19.6 Å². The number of rotatable bonds is 11. The van der Waals surface area contributed by atoms with Crippen LogP contribution in [0.2, 0.25) is 0 Å². The zero-order valence-electron chi connectivity index (χ0n) is 21.0. The lowest BCUT2D eigenvalue weighted by molar-refractivity contribution is 0.0951. The van der Waals surface area contributed by atoms with Crippen molar-refractivity contribution < 1.29 is 4.79 Å². The number of amides is 1. The van der Waals surface area contributed by atoms with E-state index in [1.54, 1.807) is 11.3 Å². The van der Waals surface area contributed by atoms with E-state index >= 15 is 0 Å². The molecule has 0 aliphatic rings. The number of nitrogens with one attached hydrogen (secondary N) is 1. The number of aryl methyl sites for hydroxylation is 1. The summed E-state index contributed by atoms with van der Waals surface area (Å²) in [6, 6.07) is 24.4. The Balaban J connectivity index is 1.40. The number of nitrogens with two attached hydrogens (primary N) is 1. The summed E-state index contributed by atoms with van der Waals surface area (Å²) in [5, 5.41) is 6.17. The summed E-state index contributed by atoms with van der Waals surface area (Å²) in [5.41, 5.74) is 13.0. The molecule has 0 saturated carbocycles. The summed E-state index contributed by atoms with van der Waals surface area (Å²) < 4.78 is 0. The molecule has 4 rings (SSSR count). The van der Waals surface area contributed by atoms with Crippen LogP contribution in [0.25, 0.3) is 11.3 Å². The van der Waals surface area contributed by atoms with Gasteiger partial charge in [-0.3, -0.25) is 4.79 Å². The lowest BCUT2D eigenvalue weighted by atomic mass is 10.1. The Bertz CT molecular complexity index is 1260. The Hall–Kier alpha value is -3.48. The van der Waals surface area contributed by atoms with Gasteiger partial charge in [-0.1, -0.05) is 79.6 Å². The highest BCUT2D eigenvalue weighted by Crippen LogP contribution is 2.29. The molecule has 6 heteroatoms. The first-order chi connectivity index (χ1) is 17.6. The average molecular weight is 499 g/mol. The molecular formula is C30H34N4OS. The molecular weight excluding hydrogens is 464 g/mol. The minimum Gasteiger partial charge on any atom is -0.348 e. The second-order valence-electron chi connectivity index (χ2n) is 9.06. The monoisotopic (exact) mass is 498 g/mol. The van der Waals surface area contributed by atoms with Crippen molar-refractivity contribution in [1.82, 2.24) is 10.3 Å². The molecule has 3 aromatic carbocycles. The van der Waals surface area contributed by atoms with Gasteiger partial charge in [0, 0.05) is 42.7 Å². The van der Waals surface area contributed by atoms with Crippen LogP contribution in [0.5, 0.6) is 0 Å². The summed E-state index contributed by atoms with van der Waals surface area (Å²) in [4.78, 5) is 20.0. The van der Waals surface area contributed by atoms with Crippen LogP contribution < -0.4 is 16.0 Å². The van der Waals surface area contributed by atoms with E-state index in [1.807, 2.05) is 48.5 Å². The van der Waals surface area contributed by atoms with E-state index in [0.29, 0.717) is 18.7 Å². The van der Waals surface area contributed by atoms with Gasteiger partial charge in [-0.2, -0.15) is 0 Å². The van der Waals surface area contributed by atoms with Crippen molar-refractivity contribution in [3.63, 3.8) is 0 Å². The first-order valence-electron chi connectivity index (χ1n) is 12.5. The summed E-state index contributed by atoms with van der Waals surface area (Å²) in [5.74, 6) is -0.0785. The van der Waals surface area contributed by atoms with Gasteiger partial charge in [0.05, 0.1) is 5.69 Å². The number of hydrogen-bond donors (Lipinski definition) is 2. The first kappa shape index (κ1) is 25.6. The largest absolute Gasteiger partial charge is 0.348 e. The fourth-order valence-electron chi connectivity index (χ4n) is 3.99. The lowest BCUT2D eigenvalue weighted by Crippen LogP contribution is -2.24. The molecule has 3 N–H and O–H groups in total. The third-order valence-electron chi connectivity index (χ3n) is 6.16. The van der Waals surface area contributed by atoms with Gasteiger partial charge in [-0.15, -0.1) is 11.3 Å². The number of anilines is 1. The van der Waals surface area contributed by atoms with Gasteiger partial charge in [-0.25, -0.2) is 4.98 Å². The normalized spacial score (nSPS) is 10.9. The average Bonchev–Trinajstić information content (AvgIpc) is 3.41. The van der Waals surface area contributed by atoms with Crippen molar-refractivity contribution in [3.05, 3.63) is 106 Å². The Labute approximate surface area is 218 Å². The smallest absolute Gasteiger partial charge is 0.251 e. The van der Waals surface area contributed by atoms with Crippen LogP contribution in [0, 0.1) is 6.92 Å². The third kappa shape index (κ3) is 6.80. The van der Waals surface area contributed by atoms with Crippen LogP contribution in [0.4, 0.5) is 5.13 Å². The number of carbonyl (C=O) groups is 1. The van der Waals surface area contributed by atoms with E-state index in [1.165, 1.54) is 5.56 Å². The highest BCUT2D eigenvalue weighted by atomic mass is 32.1. The summed E-state index contributed by atoms with van der Waals surface area (Å²) in [6.45, 7) is 6.98. The topological polar surface area (TPSA) is 71.2 Å². The number of carbonyl (C=O) groups excluding carboxylic acids is 1. The minimum atomic E-state index is -0.0785.